The van der Waals surface area contributed by atoms with E-state index in [4.69, 9.17) is 23.9 Å². The molecule has 0 rings (SSSR count). The Balaban J connectivity index is -0.0000000860. The SMILES string of the molecule is C.C.C.C.C.C.[B][Si](C)(O[Si](C)O[Si](C)(C)C)O[Si](C)(C)O[Si](C)(C)C.[Y]. The third-order valence-corrected chi connectivity index (χ3v) is 16.2. The first kappa shape index (κ1) is 51.6. The quantitative estimate of drug-likeness (QED) is 0.302. The van der Waals surface area contributed by atoms with Gasteiger partial charge in [0.25, 0.3) is 8.43 Å². The molecule has 0 spiro atoms. The van der Waals surface area contributed by atoms with Gasteiger partial charge in [0.05, 0.1) is 0 Å². The summed E-state index contributed by atoms with van der Waals surface area (Å²) in [6.45, 7) is 20.8. The second-order valence-electron chi connectivity index (χ2n) is 7.54. The summed E-state index contributed by atoms with van der Waals surface area (Å²) in [7, 11) is -3.29. The Labute approximate surface area is 208 Å². The zero-order valence-corrected chi connectivity index (χ0v) is 23.1. The van der Waals surface area contributed by atoms with Crippen LogP contribution >= 0.6 is 0 Å². The molecule has 0 aliphatic rings. The minimum absolute atomic E-state index is 0. The van der Waals surface area contributed by atoms with Crippen molar-refractivity contribution in [1.29, 1.82) is 0 Å². The Morgan fingerprint density at radius 1 is 0.593 bits per heavy atom. The molecule has 1 atom stereocenters. The molecule has 27 heavy (non-hydrogen) atoms. The van der Waals surface area contributed by atoms with Crippen molar-refractivity contribution in [2.75, 3.05) is 0 Å². The van der Waals surface area contributed by atoms with Crippen molar-refractivity contribution in [1.82, 2.24) is 0 Å². The molecule has 4 nitrogen and oxygen atoms in total. The predicted molar refractivity (Wildman–Crippen MR) is 138 cm³/mol. The average molecular weight is 551 g/mol. The molecule has 11 heteroatoms. The van der Waals surface area contributed by atoms with Gasteiger partial charge in [-0.15, -0.1) is 0 Å². The largest absolute Gasteiger partial charge is 0.437 e. The molecule has 0 aromatic heterocycles. The van der Waals surface area contributed by atoms with Crippen LogP contribution in [0.3, 0.4) is 0 Å². The summed E-state index contributed by atoms with van der Waals surface area (Å²) in [5, 5.41) is 0. The van der Waals surface area contributed by atoms with Crippen molar-refractivity contribution in [2.45, 2.75) is 110 Å². The van der Waals surface area contributed by atoms with Crippen LogP contribution in [-0.2, 0) is 49.2 Å². The molecule has 0 aromatic carbocycles. The van der Waals surface area contributed by atoms with E-state index in [2.05, 4.69) is 39.3 Å². The Morgan fingerprint density at radius 2 is 0.926 bits per heavy atom. The van der Waals surface area contributed by atoms with E-state index in [1.165, 1.54) is 0 Å². The molecule has 4 radical (unpaired) electrons. The number of hydrogen-bond acceptors (Lipinski definition) is 4. The molecular formula is C16H54BO4Si5Y. The Morgan fingerprint density at radius 3 is 1.19 bits per heavy atom. The van der Waals surface area contributed by atoms with Crippen LogP contribution in [0.15, 0.2) is 0 Å². The van der Waals surface area contributed by atoms with Gasteiger partial charge in [-0.2, -0.15) is 0 Å². The second-order valence-corrected chi connectivity index (χ2v) is 25.1. The van der Waals surface area contributed by atoms with Gasteiger partial charge >= 0.3 is 17.8 Å². The first-order valence-corrected chi connectivity index (χ1v) is 20.8. The normalized spacial score (nSPS) is 12.9. The van der Waals surface area contributed by atoms with E-state index in [-0.39, 0.29) is 77.3 Å². The van der Waals surface area contributed by atoms with Gasteiger partial charge in [-0.3, -0.25) is 0 Å². The maximum absolute atomic E-state index is 6.27. The van der Waals surface area contributed by atoms with Crippen LogP contribution in [0.4, 0.5) is 0 Å². The first-order chi connectivity index (χ1) is 8.52. The van der Waals surface area contributed by atoms with Crippen molar-refractivity contribution >= 4 is 50.3 Å². The van der Waals surface area contributed by atoms with Crippen molar-refractivity contribution in [3.8, 4) is 0 Å². The van der Waals surface area contributed by atoms with E-state index in [1.54, 1.807) is 0 Å². The summed E-state index contributed by atoms with van der Waals surface area (Å²) >= 11 is 0. The molecule has 0 aromatic rings. The van der Waals surface area contributed by atoms with Crippen molar-refractivity contribution in [2.24, 2.45) is 0 Å². The molecule has 0 bridgehead atoms. The van der Waals surface area contributed by atoms with E-state index in [0.717, 1.165) is 0 Å². The smallest absolute Gasteiger partial charge is 0.360 e. The van der Waals surface area contributed by atoms with Gasteiger partial charge in [0, 0.05) is 32.7 Å². The van der Waals surface area contributed by atoms with Crippen molar-refractivity contribution in [3.63, 3.8) is 0 Å². The van der Waals surface area contributed by atoms with Crippen LogP contribution in [0.25, 0.3) is 0 Å². The van der Waals surface area contributed by atoms with Crippen LogP contribution in [0.2, 0.25) is 65.5 Å². The fourth-order valence-electron chi connectivity index (χ4n) is 2.00. The van der Waals surface area contributed by atoms with Crippen LogP contribution in [0.1, 0.15) is 44.6 Å². The molecule has 0 saturated heterocycles. The zero-order valence-electron chi connectivity index (χ0n) is 15.3. The van der Waals surface area contributed by atoms with Gasteiger partial charge in [0.1, 0.15) is 7.44 Å². The van der Waals surface area contributed by atoms with Crippen LogP contribution in [0.5, 0.6) is 0 Å². The molecule has 1 unspecified atom stereocenters. The fraction of sp³-hybridized carbons (Fsp3) is 1.00. The summed E-state index contributed by atoms with van der Waals surface area (Å²) in [6.07, 6.45) is 0. The summed E-state index contributed by atoms with van der Waals surface area (Å²) in [4.78, 5) is 0. The van der Waals surface area contributed by atoms with E-state index < -0.39 is 42.9 Å². The predicted octanol–water partition coefficient (Wildman–Crippen LogP) is 7.09. The van der Waals surface area contributed by atoms with Crippen LogP contribution < -0.4 is 0 Å². The van der Waals surface area contributed by atoms with Gasteiger partial charge in [0.2, 0.25) is 0 Å². The summed E-state index contributed by atoms with van der Waals surface area (Å²) < 4.78 is 24.2. The molecule has 0 fully saturated rings. The van der Waals surface area contributed by atoms with Crippen LogP contribution in [0, 0.1) is 0 Å². The third-order valence-electron chi connectivity index (χ3n) is 1.80. The fourth-order valence-corrected chi connectivity index (χ4v) is 19.2. The minimum atomic E-state index is -2.70. The van der Waals surface area contributed by atoms with Gasteiger partial charge in [-0.25, -0.2) is 0 Å². The van der Waals surface area contributed by atoms with Gasteiger partial charge < -0.3 is 16.5 Å². The van der Waals surface area contributed by atoms with Crippen molar-refractivity contribution in [3.05, 3.63) is 0 Å². The maximum Gasteiger partial charge on any atom is 0.360 e. The standard InChI is InChI=1S/C10H30BO4Si5.6CH4.Y/c1-16(12-17(2,3)4)13-20(10,11)15-19(8,9)14-18(5,6)7;;;;;;;/h1-10H3;6*1H4;. The third kappa shape index (κ3) is 33.0. The van der Waals surface area contributed by atoms with Gasteiger partial charge in [-0.1, -0.05) is 44.6 Å². The van der Waals surface area contributed by atoms with E-state index in [9.17, 15) is 0 Å². The Bertz CT molecular complexity index is 325. The molecule has 0 aliphatic heterocycles. The van der Waals surface area contributed by atoms with Crippen molar-refractivity contribution < 1.29 is 49.2 Å². The van der Waals surface area contributed by atoms with E-state index in [0.29, 0.717) is 0 Å². The Kier molecular flexibility index (Phi) is 36.0. The number of hydrogen-bond donors (Lipinski definition) is 0. The van der Waals surface area contributed by atoms with Crippen LogP contribution in [-0.4, -0.2) is 50.3 Å². The average Bonchev–Trinajstić information content (AvgIpc) is 1.86. The second kappa shape index (κ2) is 18.8. The summed E-state index contributed by atoms with van der Waals surface area (Å²) in [6, 6.07) is 0. The van der Waals surface area contributed by atoms with E-state index in [1.807, 2.05) is 26.2 Å². The molecule has 0 N–H and O–H groups in total. The number of rotatable bonds is 8. The first-order valence-electron chi connectivity index (χ1n) is 6.92. The van der Waals surface area contributed by atoms with Gasteiger partial charge in [0.15, 0.2) is 16.6 Å². The summed E-state index contributed by atoms with van der Waals surface area (Å²) in [5.41, 5.74) is 0. The monoisotopic (exact) mass is 550 g/mol. The Hall–Kier alpha value is 2.09. The zero-order chi connectivity index (χ0) is 16.4. The minimum Gasteiger partial charge on any atom is -0.437 e. The molecule has 0 aliphatic carbocycles. The molecule has 168 valence electrons. The topological polar surface area (TPSA) is 36.9 Å². The summed E-state index contributed by atoms with van der Waals surface area (Å²) in [5.74, 6) is 0. The molecule has 0 amide bonds. The molecule has 0 saturated carbocycles. The maximum atomic E-state index is 6.27. The van der Waals surface area contributed by atoms with E-state index >= 15 is 0 Å². The molecular weight excluding hydrogens is 496 g/mol. The van der Waals surface area contributed by atoms with Gasteiger partial charge in [-0.05, 0) is 65.5 Å². The molecule has 0 heterocycles.